The Bertz CT molecular complexity index is 1410. The molecule has 6 atom stereocenters. The van der Waals surface area contributed by atoms with Gasteiger partial charge >= 0.3 is 0 Å². The van der Waals surface area contributed by atoms with Gasteiger partial charge in [0.1, 0.15) is 23.8 Å². The summed E-state index contributed by atoms with van der Waals surface area (Å²) in [5, 5.41) is 11.5. The van der Waals surface area contributed by atoms with Crippen LogP contribution < -0.4 is 21.3 Å². The fourth-order valence-electron chi connectivity index (χ4n) is 7.87. The Kier molecular flexibility index (Phi) is 23.7. The highest BCUT2D eigenvalue weighted by Gasteiger charge is 2.52. The van der Waals surface area contributed by atoms with Crippen molar-refractivity contribution in [2.24, 2.45) is 23.2 Å². The Morgan fingerprint density at radius 3 is 2.05 bits per heavy atom. The molecule has 1 aromatic rings. The predicted octanol–water partition coefficient (Wildman–Crippen LogP) is 4.69. The van der Waals surface area contributed by atoms with Crippen molar-refractivity contribution < 1.29 is 28.8 Å². The second-order valence-corrected chi connectivity index (χ2v) is 15.5. The molecule has 316 valence electrons. The average molecular weight is 830 g/mol. The fraction of sp³-hybridized carbons (Fsp3) is 0.744. The van der Waals surface area contributed by atoms with Gasteiger partial charge in [0.25, 0.3) is 11.8 Å². The number of hydrogen-bond donors (Lipinski definition) is 4. The number of nitrogens with one attached hydrogen (secondary N) is 4. The number of fused-ring (bicyclic) bond motifs is 1. The van der Waals surface area contributed by atoms with E-state index in [-0.39, 0.29) is 98.2 Å². The molecule has 55 heavy (non-hydrogen) atoms. The molecule has 1 aliphatic heterocycles. The maximum absolute atomic E-state index is 14.6. The van der Waals surface area contributed by atoms with Crippen molar-refractivity contribution in [3.63, 3.8) is 0 Å². The summed E-state index contributed by atoms with van der Waals surface area (Å²) in [6, 6.07) is -3.68. The van der Waals surface area contributed by atoms with Crippen LogP contribution in [-0.4, -0.2) is 86.9 Å². The van der Waals surface area contributed by atoms with Gasteiger partial charge in [-0.25, -0.2) is 4.98 Å². The first-order valence-corrected chi connectivity index (χ1v) is 18.2. The molecule has 5 rings (SSSR count). The standard InChI is InChI=1S/C36H53N7O6.3CH4.3H2S/c1-5-10-25(29(44)34(48)39-23-15-16-23)40-33(47)28-24-14-9-13-22(24)20-43(28)35(49)30(36(2,3)4)42-32(46)27(21-11-7-6-8-12-21)41-31(45)26-19-37-17-18-38-26;;;;;;/h17-19,21-25,27-28,30H,5-16,20H2,1-4H3,(H,39,48)(H,40,47)(H,41,45)(H,42,46);3*1H4;3*1H2/t22-,24-,25+,27+,28-,30+;;;;;;/m1....../s1. The van der Waals surface area contributed by atoms with E-state index in [1.165, 1.54) is 18.6 Å². The quantitative estimate of drug-likeness (QED) is 0.207. The number of carbonyl (C=O) groups is 6. The van der Waals surface area contributed by atoms with E-state index < -0.39 is 59.0 Å². The monoisotopic (exact) mass is 829 g/mol. The zero-order chi connectivity index (χ0) is 35.3. The van der Waals surface area contributed by atoms with Crippen molar-refractivity contribution >= 4 is 75.8 Å². The molecule has 5 amide bonds. The van der Waals surface area contributed by atoms with Gasteiger partial charge in [-0.15, -0.1) is 0 Å². The topological polar surface area (TPSA) is 180 Å². The van der Waals surface area contributed by atoms with E-state index in [1.807, 2.05) is 27.7 Å². The van der Waals surface area contributed by atoms with E-state index in [0.717, 1.165) is 64.2 Å². The van der Waals surface area contributed by atoms with Crippen LogP contribution in [0.1, 0.15) is 138 Å². The zero-order valence-electron chi connectivity index (χ0n) is 30.8. The van der Waals surface area contributed by atoms with E-state index in [1.54, 1.807) is 4.90 Å². The minimum absolute atomic E-state index is 0. The van der Waals surface area contributed by atoms with Crippen molar-refractivity contribution in [1.82, 2.24) is 36.1 Å². The molecule has 4 N–H and O–H groups in total. The van der Waals surface area contributed by atoms with Crippen molar-refractivity contribution in [2.75, 3.05) is 6.54 Å². The Hall–Kier alpha value is -2.85. The maximum atomic E-state index is 14.6. The molecule has 3 saturated carbocycles. The van der Waals surface area contributed by atoms with E-state index >= 15 is 0 Å². The van der Waals surface area contributed by atoms with Crippen LogP contribution in [-0.2, 0) is 24.0 Å². The van der Waals surface area contributed by atoms with E-state index in [2.05, 4.69) is 31.2 Å². The van der Waals surface area contributed by atoms with Crippen molar-refractivity contribution in [3.05, 3.63) is 24.3 Å². The summed E-state index contributed by atoms with van der Waals surface area (Å²) in [5.74, 6) is -3.20. The van der Waals surface area contributed by atoms with Gasteiger partial charge in [-0.3, -0.25) is 33.8 Å². The lowest BCUT2D eigenvalue weighted by atomic mass is 9.82. The molecule has 1 aromatic heterocycles. The smallest absolute Gasteiger partial charge is 0.289 e. The molecule has 4 aliphatic rings. The number of hydrogen-bond acceptors (Lipinski definition) is 8. The Labute approximate surface area is 350 Å². The van der Waals surface area contributed by atoms with Gasteiger partial charge in [0.05, 0.1) is 12.2 Å². The summed E-state index contributed by atoms with van der Waals surface area (Å²) in [7, 11) is 0. The first-order valence-electron chi connectivity index (χ1n) is 18.2. The highest BCUT2D eigenvalue weighted by atomic mass is 32.1. The Balaban J connectivity index is 0. The normalized spacial score (nSPS) is 21.6. The van der Waals surface area contributed by atoms with Crippen LogP contribution in [0.5, 0.6) is 0 Å². The molecule has 3 aliphatic carbocycles. The van der Waals surface area contributed by atoms with Crippen LogP contribution in [0.15, 0.2) is 18.6 Å². The van der Waals surface area contributed by atoms with Gasteiger partial charge in [-0.1, -0.05) is 82.1 Å². The number of likely N-dealkylation sites (tertiary alicyclic amines) is 1. The zero-order valence-corrected chi connectivity index (χ0v) is 33.8. The molecular weight excluding hydrogens is 759 g/mol. The van der Waals surface area contributed by atoms with Gasteiger partial charge < -0.3 is 26.2 Å². The van der Waals surface area contributed by atoms with Gasteiger partial charge in [0.15, 0.2) is 0 Å². The van der Waals surface area contributed by atoms with Crippen molar-refractivity contribution in [3.8, 4) is 0 Å². The SMILES string of the molecule is C.C.C.CCC[C@H](NC(=O)[C@H]1[C@@H]2CCC[C@@H]2CN1C(=O)[C@H](NC(=O)[C@@H](NC(=O)c1cnccn1)C1CCCCC1)C(C)(C)C)C(=O)C(=O)NC1CC1.S.S.S. The average Bonchev–Trinajstić information content (AvgIpc) is 3.65. The van der Waals surface area contributed by atoms with Crippen LogP contribution >= 0.6 is 40.5 Å². The molecular formula is C39H71N7O6S3. The number of ketones is 1. The molecule has 0 aromatic carbocycles. The lowest BCUT2D eigenvalue weighted by molar-refractivity contribution is -0.146. The lowest BCUT2D eigenvalue weighted by Crippen LogP contribution is -2.62. The molecule has 0 bridgehead atoms. The highest BCUT2D eigenvalue weighted by molar-refractivity contribution is 7.59. The van der Waals surface area contributed by atoms with Crippen LogP contribution in [0, 0.1) is 23.2 Å². The van der Waals surface area contributed by atoms with E-state index in [9.17, 15) is 28.8 Å². The van der Waals surface area contributed by atoms with Crippen molar-refractivity contribution in [2.45, 2.75) is 157 Å². The summed E-state index contributed by atoms with van der Waals surface area (Å²) in [6.45, 7) is 7.85. The summed E-state index contributed by atoms with van der Waals surface area (Å²) in [4.78, 5) is 91.4. The van der Waals surface area contributed by atoms with Crippen LogP contribution in [0.4, 0.5) is 0 Å². The summed E-state index contributed by atoms with van der Waals surface area (Å²) >= 11 is 0. The molecule has 0 radical (unpaired) electrons. The lowest BCUT2D eigenvalue weighted by Gasteiger charge is -2.38. The van der Waals surface area contributed by atoms with E-state index in [0.29, 0.717) is 19.4 Å². The number of nitrogens with zero attached hydrogens (tertiary/aromatic N) is 3. The third-order valence-corrected chi connectivity index (χ3v) is 10.7. The molecule has 1 saturated heterocycles. The maximum Gasteiger partial charge on any atom is 0.289 e. The molecule has 13 nitrogen and oxygen atoms in total. The number of amides is 5. The number of rotatable bonds is 13. The van der Waals surface area contributed by atoms with Gasteiger partial charge in [-0.05, 0) is 68.1 Å². The largest absolute Gasteiger partial charge is 0.347 e. The summed E-state index contributed by atoms with van der Waals surface area (Å²) in [6.07, 6.45) is 13.9. The summed E-state index contributed by atoms with van der Waals surface area (Å²) in [5.41, 5.74) is -0.638. The second-order valence-electron chi connectivity index (χ2n) is 15.5. The van der Waals surface area contributed by atoms with Gasteiger partial charge in [0.2, 0.25) is 23.5 Å². The fourth-order valence-corrected chi connectivity index (χ4v) is 7.87. The number of carbonyl (C=O) groups excluding carboxylic acids is 6. The second kappa shape index (κ2) is 24.0. The minimum atomic E-state index is -0.994. The third kappa shape index (κ3) is 13.6. The van der Waals surface area contributed by atoms with E-state index in [4.69, 9.17) is 0 Å². The van der Waals surface area contributed by atoms with Gasteiger partial charge in [-0.2, -0.15) is 40.5 Å². The Morgan fingerprint density at radius 1 is 0.836 bits per heavy atom. The molecule has 2 heterocycles. The van der Waals surface area contributed by atoms with Crippen LogP contribution in [0.3, 0.4) is 0 Å². The molecule has 16 heteroatoms. The number of Topliss-reactive ketones (excluding diaryl/α,β-unsaturated/α-hetero) is 1. The third-order valence-electron chi connectivity index (χ3n) is 10.7. The van der Waals surface area contributed by atoms with Crippen LogP contribution in [0.25, 0.3) is 0 Å². The van der Waals surface area contributed by atoms with Crippen molar-refractivity contribution in [1.29, 1.82) is 0 Å². The summed E-state index contributed by atoms with van der Waals surface area (Å²) < 4.78 is 0. The molecule has 4 fully saturated rings. The van der Waals surface area contributed by atoms with Gasteiger partial charge in [0, 0.05) is 25.0 Å². The number of aromatic nitrogens is 2. The molecule has 0 spiro atoms. The first kappa shape index (κ1) is 54.3. The van der Waals surface area contributed by atoms with Crippen LogP contribution in [0.2, 0.25) is 0 Å². The Morgan fingerprint density at radius 2 is 1.49 bits per heavy atom. The molecule has 0 unspecified atom stereocenters. The predicted molar refractivity (Wildman–Crippen MR) is 232 cm³/mol. The first-order chi connectivity index (χ1) is 23.4. The highest BCUT2D eigenvalue weighted by Crippen LogP contribution is 2.43. The minimum Gasteiger partial charge on any atom is -0.347 e.